The summed E-state index contributed by atoms with van der Waals surface area (Å²) in [5.41, 5.74) is 0. The zero-order valence-electron chi connectivity index (χ0n) is 5.84. The molecule has 0 aliphatic carbocycles. The molecule has 0 atom stereocenters. The third kappa shape index (κ3) is 1.80. The summed E-state index contributed by atoms with van der Waals surface area (Å²) in [4.78, 5) is 12.7. The highest BCUT2D eigenvalue weighted by atomic mass is 32.1. The van der Waals surface area contributed by atoms with Gasteiger partial charge in [-0.3, -0.25) is 0 Å². The normalized spacial score (nSPS) is 17.7. The first-order valence-corrected chi connectivity index (χ1v) is 4.11. The van der Waals surface area contributed by atoms with E-state index in [0.717, 1.165) is 31.8 Å². The van der Waals surface area contributed by atoms with Crippen LogP contribution in [0.3, 0.4) is 0 Å². The van der Waals surface area contributed by atoms with Crippen molar-refractivity contribution < 1.29 is 4.79 Å². The van der Waals surface area contributed by atoms with Gasteiger partial charge in [0.1, 0.15) is 0 Å². The fourth-order valence-electron chi connectivity index (χ4n) is 0.986. The molecule has 1 aliphatic rings. The minimum Gasteiger partial charge on any atom is -0.336 e. The van der Waals surface area contributed by atoms with E-state index in [2.05, 4.69) is 17.9 Å². The highest BCUT2D eigenvalue weighted by molar-refractivity contribution is 7.80. The molecule has 0 aromatic carbocycles. The Morgan fingerprint density at radius 3 is 3.00 bits per heavy atom. The molecule has 0 unspecified atom stereocenters. The number of carbonyl (C=O) groups is 1. The van der Waals surface area contributed by atoms with Crippen molar-refractivity contribution in [2.24, 2.45) is 0 Å². The highest BCUT2D eigenvalue weighted by Gasteiger charge is 2.17. The summed E-state index contributed by atoms with van der Waals surface area (Å²) in [6, 6.07) is 0.0711. The van der Waals surface area contributed by atoms with Gasteiger partial charge >= 0.3 is 6.03 Å². The van der Waals surface area contributed by atoms with Crippen LogP contribution < -0.4 is 5.32 Å². The first kappa shape index (κ1) is 7.72. The molecule has 58 valence electrons. The first-order chi connectivity index (χ1) is 4.84. The molecule has 10 heavy (non-hydrogen) atoms. The van der Waals surface area contributed by atoms with Crippen molar-refractivity contribution in [3.63, 3.8) is 0 Å². The molecule has 1 aliphatic heterocycles. The molecule has 0 bridgehead atoms. The van der Waals surface area contributed by atoms with Gasteiger partial charge in [-0.05, 0) is 12.2 Å². The second-order valence-corrected chi connectivity index (χ2v) is 2.74. The molecule has 0 radical (unpaired) electrons. The molecule has 0 aromatic rings. The topological polar surface area (TPSA) is 32.3 Å². The van der Waals surface area contributed by atoms with E-state index < -0.39 is 0 Å². The van der Waals surface area contributed by atoms with Crippen molar-refractivity contribution in [1.82, 2.24) is 10.2 Å². The third-order valence-electron chi connectivity index (χ3n) is 1.53. The summed E-state index contributed by atoms with van der Waals surface area (Å²) in [6.07, 6.45) is 0.983. The predicted octanol–water partition coefficient (Wildman–Crippen LogP) is 0.332. The molecule has 2 amide bonds. The van der Waals surface area contributed by atoms with Gasteiger partial charge in [0.05, 0.1) is 0 Å². The number of urea groups is 1. The largest absolute Gasteiger partial charge is 0.336 e. The number of thiol groups is 1. The lowest BCUT2D eigenvalue weighted by Gasteiger charge is -2.11. The van der Waals surface area contributed by atoms with E-state index in [0.29, 0.717) is 0 Å². The van der Waals surface area contributed by atoms with Crippen LogP contribution in [0.2, 0.25) is 0 Å². The van der Waals surface area contributed by atoms with Crippen molar-refractivity contribution in [3.05, 3.63) is 0 Å². The van der Waals surface area contributed by atoms with Gasteiger partial charge in [0.15, 0.2) is 0 Å². The fraction of sp³-hybridized carbons (Fsp3) is 0.833. The maximum Gasteiger partial charge on any atom is 0.317 e. The van der Waals surface area contributed by atoms with E-state index in [1.165, 1.54) is 0 Å². The molecule has 0 aromatic heterocycles. The predicted molar refractivity (Wildman–Crippen MR) is 43.4 cm³/mol. The molecule has 0 spiro atoms. The minimum absolute atomic E-state index is 0.0711. The minimum atomic E-state index is 0.0711. The van der Waals surface area contributed by atoms with E-state index in [1.807, 2.05) is 4.90 Å². The Hall–Kier alpha value is -0.380. The average Bonchev–Trinajstić information content (AvgIpc) is 2.31. The Balaban J connectivity index is 2.20. The Kier molecular flexibility index (Phi) is 2.86. The molecule has 4 heteroatoms. The van der Waals surface area contributed by atoms with Crippen LogP contribution in [-0.4, -0.2) is 36.3 Å². The quantitative estimate of drug-likeness (QED) is 0.573. The molecule has 1 heterocycles. The van der Waals surface area contributed by atoms with Crippen molar-refractivity contribution in [1.29, 1.82) is 0 Å². The molecule has 1 fully saturated rings. The van der Waals surface area contributed by atoms with Gasteiger partial charge in [0.2, 0.25) is 0 Å². The number of amides is 2. The number of hydrogen-bond donors (Lipinski definition) is 2. The van der Waals surface area contributed by atoms with Gasteiger partial charge in [-0.2, -0.15) is 12.6 Å². The summed E-state index contributed by atoms with van der Waals surface area (Å²) in [7, 11) is 0. The second-order valence-electron chi connectivity index (χ2n) is 2.30. The molecule has 1 rings (SSSR count). The zero-order chi connectivity index (χ0) is 7.40. The first-order valence-electron chi connectivity index (χ1n) is 3.48. The van der Waals surface area contributed by atoms with E-state index >= 15 is 0 Å². The van der Waals surface area contributed by atoms with Crippen LogP contribution >= 0.6 is 12.6 Å². The van der Waals surface area contributed by atoms with Crippen LogP contribution in [0.4, 0.5) is 4.79 Å². The van der Waals surface area contributed by atoms with Crippen molar-refractivity contribution in [2.45, 2.75) is 6.42 Å². The lowest BCUT2D eigenvalue weighted by Crippen LogP contribution is -2.29. The summed E-state index contributed by atoms with van der Waals surface area (Å²) in [5.74, 6) is 0.851. The van der Waals surface area contributed by atoms with Crippen molar-refractivity contribution in [3.8, 4) is 0 Å². The zero-order valence-corrected chi connectivity index (χ0v) is 6.73. The van der Waals surface area contributed by atoms with Gasteiger partial charge in [-0.15, -0.1) is 0 Å². The Morgan fingerprint density at radius 2 is 2.50 bits per heavy atom. The number of hydrogen-bond acceptors (Lipinski definition) is 2. The summed E-state index contributed by atoms with van der Waals surface area (Å²) in [5, 5.41) is 2.74. The third-order valence-corrected chi connectivity index (χ3v) is 1.85. The fourth-order valence-corrected chi connectivity index (χ4v) is 1.13. The van der Waals surface area contributed by atoms with E-state index in [1.54, 1.807) is 0 Å². The van der Waals surface area contributed by atoms with Gasteiger partial charge in [0, 0.05) is 19.6 Å². The Labute approximate surface area is 66.2 Å². The summed E-state index contributed by atoms with van der Waals surface area (Å²) in [6.45, 7) is 2.49. The van der Waals surface area contributed by atoms with Crippen LogP contribution in [0.15, 0.2) is 0 Å². The van der Waals surface area contributed by atoms with Crippen LogP contribution in [-0.2, 0) is 0 Å². The number of nitrogens with one attached hydrogen (secondary N) is 1. The van der Waals surface area contributed by atoms with Gasteiger partial charge in [0.25, 0.3) is 0 Å². The molecule has 0 saturated carbocycles. The molecule has 1 saturated heterocycles. The summed E-state index contributed by atoms with van der Waals surface area (Å²) >= 11 is 4.06. The van der Waals surface area contributed by atoms with E-state index in [4.69, 9.17) is 0 Å². The maximum absolute atomic E-state index is 10.9. The van der Waals surface area contributed by atoms with Gasteiger partial charge < -0.3 is 10.2 Å². The average molecular weight is 160 g/mol. The maximum atomic E-state index is 10.9. The highest BCUT2D eigenvalue weighted by Crippen LogP contribution is 1.98. The van der Waals surface area contributed by atoms with E-state index in [-0.39, 0.29) is 6.03 Å². The number of rotatable bonds is 3. The smallest absolute Gasteiger partial charge is 0.317 e. The van der Waals surface area contributed by atoms with Gasteiger partial charge in [-0.1, -0.05) is 0 Å². The van der Waals surface area contributed by atoms with Crippen LogP contribution in [0.5, 0.6) is 0 Å². The monoisotopic (exact) mass is 160 g/mol. The standard InChI is InChI=1S/C6H12N2OS/c9-6-7-2-4-8(6)3-1-5-10/h10H,1-5H2,(H,7,9). The van der Waals surface area contributed by atoms with E-state index in [9.17, 15) is 4.79 Å². The lowest BCUT2D eigenvalue weighted by atomic mass is 10.4. The molecular weight excluding hydrogens is 148 g/mol. The van der Waals surface area contributed by atoms with Crippen molar-refractivity contribution in [2.75, 3.05) is 25.4 Å². The Morgan fingerprint density at radius 1 is 1.70 bits per heavy atom. The van der Waals surface area contributed by atoms with Crippen LogP contribution in [0, 0.1) is 0 Å². The Bertz CT molecular complexity index is 129. The van der Waals surface area contributed by atoms with Gasteiger partial charge in [-0.25, -0.2) is 4.79 Å². The van der Waals surface area contributed by atoms with Crippen LogP contribution in [0.1, 0.15) is 6.42 Å². The SMILES string of the molecule is O=C1NCCN1CCCS. The number of nitrogens with zero attached hydrogens (tertiary/aromatic N) is 1. The summed E-state index contributed by atoms with van der Waals surface area (Å²) < 4.78 is 0. The molecule has 3 nitrogen and oxygen atoms in total. The number of carbonyl (C=O) groups excluding carboxylic acids is 1. The lowest BCUT2D eigenvalue weighted by molar-refractivity contribution is 0.217. The van der Waals surface area contributed by atoms with Crippen LogP contribution in [0.25, 0.3) is 0 Å². The molecule has 1 N–H and O–H groups in total. The van der Waals surface area contributed by atoms with Crippen molar-refractivity contribution >= 4 is 18.7 Å². The second kappa shape index (κ2) is 3.71. The molecular formula is C6H12N2OS.